The van der Waals surface area contributed by atoms with Gasteiger partial charge in [0.05, 0.1) is 11.3 Å². The topological polar surface area (TPSA) is 78.5 Å². The standard InChI is InChI=1S/C26H25N3O3S2/c1-19(2)29(21-9-4-3-5-10-21)22-16-14-20(15-17-22)27-26(30)23-11-6-7-12-24(23)28-34(31,32)25-13-8-18-33-25/h3-19,28H,1-2H3,(H,27,30). The molecule has 0 atom stereocenters. The van der Waals surface area contributed by atoms with Crippen molar-refractivity contribution in [3.8, 4) is 0 Å². The Morgan fingerprint density at radius 3 is 2.12 bits per heavy atom. The highest BCUT2D eigenvalue weighted by Crippen LogP contribution is 2.29. The second-order valence-electron chi connectivity index (χ2n) is 7.88. The largest absolute Gasteiger partial charge is 0.339 e. The maximum Gasteiger partial charge on any atom is 0.271 e. The smallest absolute Gasteiger partial charge is 0.271 e. The Bertz CT molecular complexity index is 1350. The summed E-state index contributed by atoms with van der Waals surface area (Å²) in [6.45, 7) is 4.24. The fraction of sp³-hybridized carbons (Fsp3) is 0.115. The molecule has 1 aromatic heterocycles. The summed E-state index contributed by atoms with van der Waals surface area (Å²) < 4.78 is 28.0. The van der Waals surface area contributed by atoms with Crippen LogP contribution in [0.1, 0.15) is 24.2 Å². The molecule has 0 fully saturated rings. The Morgan fingerprint density at radius 2 is 1.47 bits per heavy atom. The normalized spacial score (nSPS) is 11.3. The molecule has 34 heavy (non-hydrogen) atoms. The van der Waals surface area contributed by atoms with Gasteiger partial charge >= 0.3 is 0 Å². The van der Waals surface area contributed by atoms with E-state index in [1.807, 2.05) is 42.5 Å². The van der Waals surface area contributed by atoms with Crippen LogP contribution in [0.25, 0.3) is 0 Å². The highest BCUT2D eigenvalue weighted by Gasteiger charge is 2.20. The van der Waals surface area contributed by atoms with Gasteiger partial charge in [0, 0.05) is 23.1 Å². The lowest BCUT2D eigenvalue weighted by atomic mass is 10.1. The van der Waals surface area contributed by atoms with E-state index < -0.39 is 15.9 Å². The molecule has 4 aromatic rings. The van der Waals surface area contributed by atoms with E-state index in [0.29, 0.717) is 5.69 Å². The van der Waals surface area contributed by atoms with Gasteiger partial charge in [-0.25, -0.2) is 8.42 Å². The molecule has 3 aromatic carbocycles. The lowest BCUT2D eigenvalue weighted by molar-refractivity contribution is 0.102. The molecule has 0 saturated heterocycles. The van der Waals surface area contributed by atoms with Crippen LogP contribution in [0.5, 0.6) is 0 Å². The van der Waals surface area contributed by atoms with E-state index in [1.165, 1.54) is 6.07 Å². The molecule has 174 valence electrons. The Kier molecular flexibility index (Phi) is 7.00. The number of carbonyl (C=O) groups is 1. The molecule has 0 aliphatic carbocycles. The van der Waals surface area contributed by atoms with Crippen LogP contribution < -0.4 is 14.9 Å². The van der Waals surface area contributed by atoms with Gasteiger partial charge in [-0.3, -0.25) is 9.52 Å². The number of sulfonamides is 1. The summed E-state index contributed by atoms with van der Waals surface area (Å²) in [6, 6.07) is 27.7. The summed E-state index contributed by atoms with van der Waals surface area (Å²) in [5.74, 6) is -0.402. The number of thiophene rings is 1. The van der Waals surface area contributed by atoms with Gasteiger partial charge in [-0.05, 0) is 73.8 Å². The highest BCUT2D eigenvalue weighted by molar-refractivity contribution is 7.94. The maximum atomic E-state index is 13.0. The van der Waals surface area contributed by atoms with E-state index in [9.17, 15) is 13.2 Å². The maximum absolute atomic E-state index is 13.0. The summed E-state index contributed by atoms with van der Waals surface area (Å²) in [6.07, 6.45) is 0. The number of nitrogens with zero attached hydrogens (tertiary/aromatic N) is 1. The Balaban J connectivity index is 1.53. The van der Waals surface area contributed by atoms with Gasteiger partial charge < -0.3 is 10.2 Å². The Morgan fingerprint density at radius 1 is 0.824 bits per heavy atom. The quantitative estimate of drug-likeness (QED) is 0.301. The first-order valence-corrected chi connectivity index (χ1v) is 13.1. The van der Waals surface area contributed by atoms with Gasteiger partial charge in [0.25, 0.3) is 15.9 Å². The molecule has 4 rings (SSSR count). The van der Waals surface area contributed by atoms with Crippen LogP contribution in [0.15, 0.2) is 101 Å². The van der Waals surface area contributed by atoms with E-state index >= 15 is 0 Å². The fourth-order valence-corrected chi connectivity index (χ4v) is 5.69. The highest BCUT2D eigenvalue weighted by atomic mass is 32.2. The van der Waals surface area contributed by atoms with Crippen molar-refractivity contribution in [3.63, 3.8) is 0 Å². The summed E-state index contributed by atoms with van der Waals surface area (Å²) in [5, 5.41) is 4.55. The lowest BCUT2D eigenvalue weighted by Gasteiger charge is -2.29. The number of rotatable bonds is 8. The second-order valence-corrected chi connectivity index (χ2v) is 10.7. The zero-order chi connectivity index (χ0) is 24.1. The molecule has 0 radical (unpaired) electrons. The molecule has 0 saturated carbocycles. The summed E-state index contributed by atoms with van der Waals surface area (Å²) >= 11 is 1.11. The first-order valence-electron chi connectivity index (χ1n) is 10.8. The van der Waals surface area contributed by atoms with E-state index in [2.05, 4.69) is 40.9 Å². The third kappa shape index (κ3) is 5.30. The Hall–Kier alpha value is -3.62. The van der Waals surface area contributed by atoms with E-state index in [4.69, 9.17) is 0 Å². The van der Waals surface area contributed by atoms with Crippen molar-refractivity contribution in [1.82, 2.24) is 0 Å². The van der Waals surface area contributed by atoms with Gasteiger partial charge in [-0.2, -0.15) is 0 Å². The molecule has 0 unspecified atom stereocenters. The van der Waals surface area contributed by atoms with Crippen LogP contribution in [0.3, 0.4) is 0 Å². The Labute approximate surface area is 203 Å². The average Bonchev–Trinajstić information content (AvgIpc) is 3.37. The zero-order valence-electron chi connectivity index (χ0n) is 18.8. The number of hydrogen-bond donors (Lipinski definition) is 2. The predicted molar refractivity (Wildman–Crippen MR) is 140 cm³/mol. The number of benzene rings is 3. The molecule has 0 spiro atoms. The fourth-order valence-electron chi connectivity index (χ4n) is 3.62. The third-order valence-electron chi connectivity index (χ3n) is 5.13. The van der Waals surface area contributed by atoms with E-state index in [-0.39, 0.29) is 21.5 Å². The first-order chi connectivity index (χ1) is 16.3. The number of amides is 1. The van der Waals surface area contributed by atoms with Crippen molar-refractivity contribution < 1.29 is 13.2 Å². The van der Waals surface area contributed by atoms with Crippen LogP contribution in [0.4, 0.5) is 22.7 Å². The van der Waals surface area contributed by atoms with Crippen LogP contribution >= 0.6 is 11.3 Å². The summed E-state index contributed by atoms with van der Waals surface area (Å²) in [7, 11) is -3.77. The number of anilines is 4. The molecule has 6 nitrogen and oxygen atoms in total. The van der Waals surface area contributed by atoms with Crippen LogP contribution in [-0.4, -0.2) is 20.4 Å². The van der Waals surface area contributed by atoms with Gasteiger partial charge in [0.2, 0.25) is 0 Å². The van der Waals surface area contributed by atoms with Gasteiger partial charge in [-0.15, -0.1) is 11.3 Å². The van der Waals surface area contributed by atoms with Crippen LogP contribution in [-0.2, 0) is 10.0 Å². The molecular weight excluding hydrogens is 466 g/mol. The molecule has 8 heteroatoms. The van der Waals surface area contributed by atoms with Crippen molar-refractivity contribution in [2.45, 2.75) is 24.1 Å². The van der Waals surface area contributed by atoms with Gasteiger partial charge in [-0.1, -0.05) is 36.4 Å². The van der Waals surface area contributed by atoms with Crippen molar-refractivity contribution in [2.24, 2.45) is 0 Å². The average molecular weight is 492 g/mol. The minimum atomic E-state index is -3.77. The van der Waals surface area contributed by atoms with Gasteiger partial charge in [0.15, 0.2) is 0 Å². The van der Waals surface area contributed by atoms with E-state index in [0.717, 1.165) is 22.7 Å². The van der Waals surface area contributed by atoms with Crippen molar-refractivity contribution >= 4 is 50.0 Å². The molecule has 0 bridgehead atoms. The number of nitrogens with one attached hydrogen (secondary N) is 2. The molecule has 1 heterocycles. The zero-order valence-corrected chi connectivity index (χ0v) is 20.4. The second kappa shape index (κ2) is 10.1. The number of carbonyl (C=O) groups excluding carboxylic acids is 1. The number of para-hydroxylation sites is 2. The van der Waals surface area contributed by atoms with E-state index in [1.54, 1.807) is 35.7 Å². The minimum Gasteiger partial charge on any atom is -0.339 e. The molecule has 2 N–H and O–H groups in total. The molecular formula is C26H25N3O3S2. The monoisotopic (exact) mass is 491 g/mol. The molecule has 1 amide bonds. The minimum absolute atomic E-state index is 0.187. The number of hydrogen-bond acceptors (Lipinski definition) is 5. The summed E-state index contributed by atoms with van der Waals surface area (Å²) in [5.41, 5.74) is 3.16. The predicted octanol–water partition coefficient (Wildman–Crippen LogP) is 6.35. The SMILES string of the molecule is CC(C)N(c1ccccc1)c1ccc(NC(=O)c2ccccc2NS(=O)(=O)c2cccs2)cc1. The molecule has 0 aliphatic rings. The molecule has 0 aliphatic heterocycles. The lowest BCUT2D eigenvalue weighted by Crippen LogP contribution is -2.25. The summed E-state index contributed by atoms with van der Waals surface area (Å²) in [4.78, 5) is 15.2. The van der Waals surface area contributed by atoms with Crippen molar-refractivity contribution in [1.29, 1.82) is 0 Å². The first kappa shape index (κ1) is 23.5. The third-order valence-corrected chi connectivity index (χ3v) is 7.89. The van der Waals surface area contributed by atoms with Crippen LogP contribution in [0, 0.1) is 0 Å². The van der Waals surface area contributed by atoms with Crippen molar-refractivity contribution in [3.05, 3.63) is 102 Å². The van der Waals surface area contributed by atoms with Gasteiger partial charge in [0.1, 0.15) is 4.21 Å². The van der Waals surface area contributed by atoms with Crippen molar-refractivity contribution in [2.75, 3.05) is 14.9 Å². The van der Waals surface area contributed by atoms with Crippen LogP contribution in [0.2, 0.25) is 0 Å².